The van der Waals surface area contributed by atoms with Crippen molar-refractivity contribution in [2.75, 3.05) is 5.73 Å². The molecule has 1 aromatic heterocycles. The molecular weight excluding hydrogens is 230 g/mol. The average molecular weight is 243 g/mol. The number of aromatic carboxylic acids is 1. The summed E-state index contributed by atoms with van der Waals surface area (Å²) in [6.45, 7) is 3.77. The number of ether oxygens (including phenoxy) is 1. The van der Waals surface area contributed by atoms with Crippen molar-refractivity contribution in [2.45, 2.75) is 26.6 Å². The summed E-state index contributed by atoms with van der Waals surface area (Å²) in [5.74, 6) is -1.05. The lowest BCUT2D eigenvalue weighted by atomic mass is 10.2. The van der Waals surface area contributed by atoms with Crippen molar-refractivity contribution in [2.24, 2.45) is 0 Å². The van der Waals surface area contributed by atoms with Gasteiger partial charge in [0.2, 0.25) is 0 Å². The van der Waals surface area contributed by atoms with Crippen LogP contribution in [0, 0.1) is 4.77 Å². The Morgan fingerprint density at radius 3 is 2.81 bits per heavy atom. The second-order valence-corrected chi connectivity index (χ2v) is 3.83. The molecule has 0 atom stereocenters. The third kappa shape index (κ3) is 3.01. The van der Waals surface area contributed by atoms with Gasteiger partial charge in [-0.2, -0.15) is 0 Å². The molecule has 0 fully saturated rings. The van der Waals surface area contributed by atoms with Gasteiger partial charge in [-0.15, -0.1) is 0 Å². The normalized spacial score (nSPS) is 10.7. The second kappa shape index (κ2) is 5.04. The van der Waals surface area contributed by atoms with Gasteiger partial charge < -0.3 is 20.6 Å². The molecule has 1 rings (SSSR count). The van der Waals surface area contributed by atoms with Gasteiger partial charge in [-0.1, -0.05) is 0 Å². The minimum Gasteiger partial charge on any atom is -0.477 e. The van der Waals surface area contributed by atoms with Crippen molar-refractivity contribution >= 4 is 24.0 Å². The molecule has 0 spiro atoms. The zero-order chi connectivity index (χ0) is 12.3. The van der Waals surface area contributed by atoms with Crippen molar-refractivity contribution in [1.29, 1.82) is 0 Å². The lowest BCUT2D eigenvalue weighted by molar-refractivity contribution is 0.0600. The number of hydrogen-bond acceptors (Lipinski definition) is 5. The smallest absolute Gasteiger partial charge is 0.352 e. The molecule has 88 valence electrons. The first-order valence-electron chi connectivity index (χ1n) is 4.65. The van der Waals surface area contributed by atoms with Crippen LogP contribution in [-0.2, 0) is 11.3 Å². The number of carboxylic acids is 1. The van der Waals surface area contributed by atoms with Gasteiger partial charge in [0, 0.05) is 0 Å². The van der Waals surface area contributed by atoms with Crippen LogP contribution in [-0.4, -0.2) is 27.1 Å². The molecule has 0 amide bonds. The van der Waals surface area contributed by atoms with Crippen LogP contribution in [0.2, 0.25) is 0 Å². The fraction of sp³-hybridized carbons (Fsp3) is 0.444. The fourth-order valence-corrected chi connectivity index (χ4v) is 1.29. The van der Waals surface area contributed by atoms with Crippen molar-refractivity contribution in [3.05, 3.63) is 16.0 Å². The molecule has 0 radical (unpaired) electrons. The predicted octanol–water partition coefficient (Wildman–Crippen LogP) is 1.34. The Morgan fingerprint density at radius 2 is 2.31 bits per heavy atom. The molecular formula is C9H13N3O3S. The number of rotatable bonds is 4. The van der Waals surface area contributed by atoms with Gasteiger partial charge in [-0.3, -0.25) is 0 Å². The van der Waals surface area contributed by atoms with E-state index in [0.29, 0.717) is 5.56 Å². The van der Waals surface area contributed by atoms with Crippen molar-refractivity contribution in [3.63, 3.8) is 0 Å². The van der Waals surface area contributed by atoms with E-state index in [4.69, 9.17) is 27.8 Å². The Labute approximate surface area is 97.5 Å². The van der Waals surface area contributed by atoms with E-state index in [0.717, 1.165) is 0 Å². The molecule has 0 saturated heterocycles. The number of carbonyl (C=O) groups is 1. The van der Waals surface area contributed by atoms with E-state index in [2.05, 4.69) is 9.97 Å². The largest absolute Gasteiger partial charge is 0.477 e. The van der Waals surface area contributed by atoms with Gasteiger partial charge in [0.05, 0.1) is 18.3 Å². The molecule has 0 bridgehead atoms. The lowest BCUT2D eigenvalue weighted by Crippen LogP contribution is -2.14. The van der Waals surface area contributed by atoms with Crippen LogP contribution in [0.3, 0.4) is 0 Å². The van der Waals surface area contributed by atoms with Crippen LogP contribution in [0.5, 0.6) is 0 Å². The Hall–Kier alpha value is -1.47. The van der Waals surface area contributed by atoms with E-state index in [1.54, 1.807) is 0 Å². The summed E-state index contributed by atoms with van der Waals surface area (Å²) in [6.07, 6.45) is -0.0239. The van der Waals surface area contributed by atoms with Crippen LogP contribution >= 0.6 is 12.2 Å². The van der Waals surface area contributed by atoms with Gasteiger partial charge in [-0.25, -0.2) is 9.78 Å². The molecule has 4 N–H and O–H groups in total. The highest BCUT2D eigenvalue weighted by Gasteiger charge is 2.15. The molecule has 0 aliphatic heterocycles. The Bertz CT molecular complexity index is 456. The number of anilines is 1. The number of aromatic nitrogens is 2. The van der Waals surface area contributed by atoms with Crippen LogP contribution in [0.15, 0.2) is 0 Å². The number of hydrogen-bond donors (Lipinski definition) is 3. The van der Waals surface area contributed by atoms with Gasteiger partial charge in [-0.05, 0) is 26.1 Å². The van der Waals surface area contributed by atoms with Gasteiger partial charge in [0.1, 0.15) is 11.5 Å². The maximum atomic E-state index is 11.0. The van der Waals surface area contributed by atoms with E-state index in [1.165, 1.54) is 0 Å². The zero-order valence-electron chi connectivity index (χ0n) is 8.98. The van der Waals surface area contributed by atoms with E-state index in [1.807, 2.05) is 13.8 Å². The Kier molecular flexibility index (Phi) is 3.97. The third-order valence-electron chi connectivity index (χ3n) is 1.84. The first-order chi connectivity index (χ1) is 7.41. The molecule has 0 aliphatic rings. The standard InChI is InChI=1S/C9H13N3O3S/c1-4(2)15-3-5-6(8(13)14)11-9(16)12-7(5)10/h4H,3H2,1-2H3,(H,13,14)(H3,10,11,12,16). The number of aromatic amines is 1. The number of nitrogens with zero attached hydrogens (tertiary/aromatic N) is 1. The van der Waals surface area contributed by atoms with Crippen LogP contribution in [0.1, 0.15) is 29.9 Å². The molecule has 7 heteroatoms. The summed E-state index contributed by atoms with van der Waals surface area (Å²) in [5, 5.41) is 8.96. The van der Waals surface area contributed by atoms with Crippen molar-refractivity contribution < 1.29 is 14.6 Å². The van der Waals surface area contributed by atoms with E-state index < -0.39 is 5.97 Å². The second-order valence-electron chi connectivity index (χ2n) is 3.45. The summed E-state index contributed by atoms with van der Waals surface area (Å²) >= 11 is 4.75. The molecule has 1 aromatic rings. The van der Waals surface area contributed by atoms with Crippen molar-refractivity contribution in [3.8, 4) is 0 Å². The molecule has 1 heterocycles. The summed E-state index contributed by atoms with van der Waals surface area (Å²) in [7, 11) is 0. The van der Waals surface area contributed by atoms with Crippen LogP contribution in [0.25, 0.3) is 0 Å². The number of nitrogens with two attached hydrogens (primary N) is 1. The van der Waals surface area contributed by atoms with Gasteiger partial charge >= 0.3 is 5.97 Å². The molecule has 16 heavy (non-hydrogen) atoms. The molecule has 0 unspecified atom stereocenters. The molecule has 0 saturated carbocycles. The SMILES string of the molecule is CC(C)OCc1c(N)nc(=S)[nH]c1C(=O)O. The highest BCUT2D eigenvalue weighted by Crippen LogP contribution is 2.15. The van der Waals surface area contributed by atoms with E-state index in [9.17, 15) is 4.79 Å². The lowest BCUT2D eigenvalue weighted by Gasteiger charge is -2.11. The predicted molar refractivity (Wildman–Crippen MR) is 60.7 cm³/mol. The highest BCUT2D eigenvalue weighted by atomic mass is 32.1. The number of carboxylic acid groups (broad SMARTS) is 1. The third-order valence-corrected chi connectivity index (χ3v) is 2.03. The van der Waals surface area contributed by atoms with Crippen LogP contribution < -0.4 is 5.73 Å². The summed E-state index contributed by atoms with van der Waals surface area (Å²) in [4.78, 5) is 17.2. The topological polar surface area (TPSA) is 101 Å². The van der Waals surface area contributed by atoms with Crippen molar-refractivity contribution in [1.82, 2.24) is 9.97 Å². The quantitative estimate of drug-likeness (QED) is 0.690. The van der Waals surface area contributed by atoms with Gasteiger partial charge in [0.25, 0.3) is 0 Å². The Morgan fingerprint density at radius 1 is 1.69 bits per heavy atom. The van der Waals surface area contributed by atoms with Crippen LogP contribution in [0.4, 0.5) is 5.82 Å². The van der Waals surface area contributed by atoms with Gasteiger partial charge in [0.15, 0.2) is 4.77 Å². The maximum Gasteiger partial charge on any atom is 0.352 e. The number of nitrogen functional groups attached to an aromatic ring is 1. The molecule has 6 nitrogen and oxygen atoms in total. The first kappa shape index (κ1) is 12.6. The summed E-state index contributed by atoms with van der Waals surface area (Å²) < 4.78 is 5.35. The number of H-pyrrole nitrogens is 1. The minimum atomic E-state index is -1.14. The minimum absolute atomic E-state index is 0.0239. The number of nitrogens with one attached hydrogen (secondary N) is 1. The zero-order valence-corrected chi connectivity index (χ0v) is 9.80. The monoisotopic (exact) mass is 243 g/mol. The Balaban J connectivity index is 3.14. The van der Waals surface area contributed by atoms with E-state index >= 15 is 0 Å². The molecule has 0 aliphatic carbocycles. The maximum absolute atomic E-state index is 11.0. The summed E-state index contributed by atoms with van der Waals surface area (Å²) in [6, 6.07) is 0. The highest BCUT2D eigenvalue weighted by molar-refractivity contribution is 7.71. The fourth-order valence-electron chi connectivity index (χ4n) is 1.09. The molecule has 0 aromatic carbocycles. The first-order valence-corrected chi connectivity index (χ1v) is 5.06. The van der Waals surface area contributed by atoms with E-state index in [-0.39, 0.29) is 29.0 Å². The average Bonchev–Trinajstić information content (AvgIpc) is 2.14. The summed E-state index contributed by atoms with van der Waals surface area (Å²) in [5.41, 5.74) is 5.85.